The van der Waals surface area contributed by atoms with Gasteiger partial charge in [-0.3, -0.25) is 0 Å². The summed E-state index contributed by atoms with van der Waals surface area (Å²) in [6.45, 7) is 3.11. The van der Waals surface area contributed by atoms with Gasteiger partial charge in [-0.25, -0.2) is 0 Å². The monoisotopic (exact) mass is 234 g/mol. The van der Waals surface area contributed by atoms with Crippen LogP contribution in [-0.2, 0) is 10.3 Å². The molecule has 1 aliphatic heterocycles. The summed E-state index contributed by atoms with van der Waals surface area (Å²) in [6, 6.07) is 8.35. The quantitative estimate of drug-likeness (QED) is 0.790. The van der Waals surface area contributed by atoms with E-state index in [9.17, 15) is 0 Å². The van der Waals surface area contributed by atoms with Gasteiger partial charge in [-0.2, -0.15) is 0 Å². The molecule has 0 saturated carbocycles. The van der Waals surface area contributed by atoms with Crippen molar-refractivity contribution in [2.24, 2.45) is 0 Å². The summed E-state index contributed by atoms with van der Waals surface area (Å²) >= 11 is 0. The molecule has 0 aromatic heterocycles. The number of benzene rings is 1. The van der Waals surface area contributed by atoms with E-state index in [0.717, 1.165) is 25.2 Å². The lowest BCUT2D eigenvalue weighted by Crippen LogP contribution is -2.28. The summed E-state index contributed by atoms with van der Waals surface area (Å²) in [7, 11) is 1.70. The third-order valence-corrected chi connectivity index (χ3v) is 3.79. The first-order chi connectivity index (χ1) is 8.30. The summed E-state index contributed by atoms with van der Waals surface area (Å²) in [6.07, 6.45) is 5.92. The van der Waals surface area contributed by atoms with Gasteiger partial charge in [0.1, 0.15) is 5.75 Å². The number of ether oxygens (including phenoxy) is 2. The molecule has 1 heterocycles. The molecule has 0 bridgehead atoms. The molecular formula is C15H22O2. The molecule has 0 radical (unpaired) electrons. The third kappa shape index (κ3) is 2.63. The van der Waals surface area contributed by atoms with Crippen LogP contribution in [0.5, 0.6) is 5.75 Å². The fraction of sp³-hybridized carbons (Fsp3) is 0.600. The van der Waals surface area contributed by atoms with Crippen LogP contribution in [0, 0.1) is 0 Å². The first kappa shape index (κ1) is 12.4. The van der Waals surface area contributed by atoms with E-state index < -0.39 is 0 Å². The maximum absolute atomic E-state index is 6.16. The molecule has 1 fully saturated rings. The second-order valence-corrected chi connectivity index (χ2v) is 4.74. The predicted molar refractivity (Wildman–Crippen MR) is 69.4 cm³/mol. The fourth-order valence-electron chi connectivity index (χ4n) is 2.63. The molecule has 1 aromatic rings. The summed E-state index contributed by atoms with van der Waals surface area (Å²) in [5.74, 6) is 0.911. The van der Waals surface area contributed by atoms with Crippen LogP contribution in [-0.4, -0.2) is 13.7 Å². The first-order valence-corrected chi connectivity index (χ1v) is 6.59. The average molecular weight is 234 g/mol. The Morgan fingerprint density at radius 3 is 2.59 bits per heavy atom. The second-order valence-electron chi connectivity index (χ2n) is 4.74. The van der Waals surface area contributed by atoms with Crippen LogP contribution < -0.4 is 4.74 Å². The third-order valence-electron chi connectivity index (χ3n) is 3.79. The lowest BCUT2D eigenvalue weighted by molar-refractivity contribution is -0.0508. The Balaban J connectivity index is 2.25. The number of methoxy groups -OCH3 is 1. The van der Waals surface area contributed by atoms with Crippen molar-refractivity contribution in [3.8, 4) is 5.75 Å². The molecule has 1 unspecified atom stereocenters. The van der Waals surface area contributed by atoms with Crippen LogP contribution in [0.2, 0.25) is 0 Å². The number of hydrogen-bond acceptors (Lipinski definition) is 2. The van der Waals surface area contributed by atoms with Crippen molar-refractivity contribution in [2.45, 2.75) is 44.6 Å². The van der Waals surface area contributed by atoms with E-state index in [1.807, 2.05) is 12.1 Å². The van der Waals surface area contributed by atoms with Gasteiger partial charge < -0.3 is 9.47 Å². The van der Waals surface area contributed by atoms with E-state index in [1.54, 1.807) is 7.11 Å². The van der Waals surface area contributed by atoms with Gasteiger partial charge in [0, 0.05) is 6.61 Å². The Kier molecular flexibility index (Phi) is 4.06. The van der Waals surface area contributed by atoms with Gasteiger partial charge in [-0.15, -0.1) is 0 Å². The molecule has 0 spiro atoms. The van der Waals surface area contributed by atoms with E-state index in [1.165, 1.54) is 24.8 Å². The molecule has 0 N–H and O–H groups in total. The highest BCUT2D eigenvalue weighted by molar-refractivity contribution is 5.31. The smallest absolute Gasteiger partial charge is 0.118 e. The Morgan fingerprint density at radius 1 is 1.18 bits per heavy atom. The van der Waals surface area contributed by atoms with E-state index in [0.29, 0.717) is 0 Å². The van der Waals surface area contributed by atoms with Gasteiger partial charge in [-0.05, 0) is 37.0 Å². The molecule has 1 saturated heterocycles. The van der Waals surface area contributed by atoms with E-state index in [-0.39, 0.29) is 5.60 Å². The highest BCUT2D eigenvalue weighted by atomic mass is 16.5. The predicted octanol–water partition coefficient (Wildman–Crippen LogP) is 3.89. The fourth-order valence-corrected chi connectivity index (χ4v) is 2.63. The van der Waals surface area contributed by atoms with Crippen molar-refractivity contribution < 1.29 is 9.47 Å². The molecule has 2 heteroatoms. The summed E-state index contributed by atoms with van der Waals surface area (Å²) in [4.78, 5) is 0. The minimum absolute atomic E-state index is 0.0667. The Labute approximate surface area is 104 Å². The number of rotatable bonds is 3. The highest BCUT2D eigenvalue weighted by Gasteiger charge is 2.32. The Bertz CT molecular complexity index is 334. The van der Waals surface area contributed by atoms with Gasteiger partial charge in [0.05, 0.1) is 12.7 Å². The van der Waals surface area contributed by atoms with Crippen LogP contribution in [0.1, 0.15) is 44.6 Å². The standard InChI is InChI=1S/C15H22O2/c1-3-15(11-5-4-6-12-17-15)13-7-9-14(16-2)10-8-13/h7-10H,3-6,11-12H2,1-2H3. The largest absolute Gasteiger partial charge is 0.497 e. The molecular weight excluding hydrogens is 212 g/mol. The van der Waals surface area contributed by atoms with Crippen molar-refractivity contribution >= 4 is 0 Å². The molecule has 2 nitrogen and oxygen atoms in total. The van der Waals surface area contributed by atoms with E-state index in [2.05, 4.69) is 19.1 Å². The molecule has 0 amide bonds. The summed E-state index contributed by atoms with van der Waals surface area (Å²) in [5, 5.41) is 0. The topological polar surface area (TPSA) is 18.5 Å². The molecule has 17 heavy (non-hydrogen) atoms. The number of hydrogen-bond donors (Lipinski definition) is 0. The van der Waals surface area contributed by atoms with Crippen molar-refractivity contribution in [2.75, 3.05) is 13.7 Å². The Hall–Kier alpha value is -1.02. The summed E-state index contributed by atoms with van der Waals surface area (Å²) < 4.78 is 11.4. The maximum atomic E-state index is 6.16. The zero-order valence-corrected chi connectivity index (χ0v) is 10.9. The van der Waals surface area contributed by atoms with Gasteiger partial charge in [0.25, 0.3) is 0 Å². The second kappa shape index (κ2) is 5.54. The molecule has 1 aromatic carbocycles. The van der Waals surface area contributed by atoms with Gasteiger partial charge in [-0.1, -0.05) is 31.9 Å². The lowest BCUT2D eigenvalue weighted by Gasteiger charge is -2.32. The summed E-state index contributed by atoms with van der Waals surface area (Å²) in [5.41, 5.74) is 1.23. The molecule has 1 aliphatic rings. The SMILES string of the molecule is CCC1(c2ccc(OC)cc2)CCCCCO1. The van der Waals surface area contributed by atoms with E-state index in [4.69, 9.17) is 9.47 Å². The lowest BCUT2D eigenvalue weighted by atomic mass is 9.86. The zero-order valence-electron chi connectivity index (χ0n) is 10.9. The highest BCUT2D eigenvalue weighted by Crippen LogP contribution is 2.37. The minimum atomic E-state index is -0.0667. The molecule has 1 atom stereocenters. The van der Waals surface area contributed by atoms with Gasteiger partial charge in [0.15, 0.2) is 0 Å². The normalized spacial score (nSPS) is 25.3. The van der Waals surface area contributed by atoms with Crippen molar-refractivity contribution in [3.63, 3.8) is 0 Å². The maximum Gasteiger partial charge on any atom is 0.118 e. The van der Waals surface area contributed by atoms with Crippen molar-refractivity contribution in [1.82, 2.24) is 0 Å². The molecule has 0 aliphatic carbocycles. The van der Waals surface area contributed by atoms with Gasteiger partial charge >= 0.3 is 0 Å². The average Bonchev–Trinajstić information content (AvgIpc) is 2.65. The van der Waals surface area contributed by atoms with Crippen molar-refractivity contribution in [1.29, 1.82) is 0 Å². The van der Waals surface area contributed by atoms with Gasteiger partial charge in [0.2, 0.25) is 0 Å². The van der Waals surface area contributed by atoms with E-state index >= 15 is 0 Å². The first-order valence-electron chi connectivity index (χ1n) is 6.59. The zero-order chi connectivity index (χ0) is 12.1. The molecule has 2 rings (SSSR count). The van der Waals surface area contributed by atoms with Crippen LogP contribution in [0.4, 0.5) is 0 Å². The van der Waals surface area contributed by atoms with Crippen LogP contribution >= 0.6 is 0 Å². The van der Waals surface area contributed by atoms with Crippen LogP contribution in [0.15, 0.2) is 24.3 Å². The minimum Gasteiger partial charge on any atom is -0.497 e. The van der Waals surface area contributed by atoms with Crippen LogP contribution in [0.25, 0.3) is 0 Å². The van der Waals surface area contributed by atoms with Crippen LogP contribution in [0.3, 0.4) is 0 Å². The Morgan fingerprint density at radius 2 is 1.94 bits per heavy atom. The molecule has 94 valence electrons. The van der Waals surface area contributed by atoms with Crippen molar-refractivity contribution in [3.05, 3.63) is 29.8 Å².